The Labute approximate surface area is 165 Å². The van der Waals surface area contributed by atoms with Gasteiger partial charge in [-0.25, -0.2) is 0 Å². The molecule has 6 heteroatoms. The first-order valence-electron chi connectivity index (χ1n) is 9.62. The number of hydrogen-bond donors (Lipinski definition) is 2. The van der Waals surface area contributed by atoms with Gasteiger partial charge in [0.2, 0.25) is 5.91 Å². The van der Waals surface area contributed by atoms with Crippen molar-refractivity contribution in [3.05, 3.63) is 54.1 Å². The molecule has 148 valence electrons. The molecule has 28 heavy (non-hydrogen) atoms. The van der Waals surface area contributed by atoms with Gasteiger partial charge in [-0.15, -0.1) is 0 Å². The highest BCUT2D eigenvalue weighted by atomic mass is 16.5. The molecule has 0 bridgehead atoms. The molecular formula is C22H27N3O3. The van der Waals surface area contributed by atoms with Gasteiger partial charge in [0.1, 0.15) is 5.75 Å². The number of carbonyl (C=O) groups is 2. The second-order valence-electron chi connectivity index (χ2n) is 7.18. The second-order valence-corrected chi connectivity index (χ2v) is 7.18. The summed E-state index contributed by atoms with van der Waals surface area (Å²) in [7, 11) is 1.61. The summed E-state index contributed by atoms with van der Waals surface area (Å²) in [5.74, 6) is 1.36. The van der Waals surface area contributed by atoms with E-state index >= 15 is 0 Å². The lowest BCUT2D eigenvalue weighted by atomic mass is 9.98. The highest BCUT2D eigenvalue weighted by Crippen LogP contribution is 2.19. The minimum Gasteiger partial charge on any atom is -0.497 e. The van der Waals surface area contributed by atoms with E-state index in [-0.39, 0.29) is 18.4 Å². The molecule has 2 amide bonds. The molecule has 6 nitrogen and oxygen atoms in total. The Morgan fingerprint density at radius 1 is 1.00 bits per heavy atom. The molecule has 0 spiro atoms. The van der Waals surface area contributed by atoms with Crippen LogP contribution in [-0.2, 0) is 4.79 Å². The van der Waals surface area contributed by atoms with Crippen molar-refractivity contribution < 1.29 is 14.3 Å². The molecule has 0 aromatic heterocycles. The molecule has 1 heterocycles. The van der Waals surface area contributed by atoms with Gasteiger partial charge < -0.3 is 20.3 Å². The third-order valence-electron chi connectivity index (χ3n) is 5.03. The van der Waals surface area contributed by atoms with E-state index in [1.54, 1.807) is 31.4 Å². The highest BCUT2D eigenvalue weighted by Gasteiger charge is 2.21. The summed E-state index contributed by atoms with van der Waals surface area (Å²) < 4.78 is 5.11. The molecule has 0 unspecified atom stereocenters. The first-order valence-corrected chi connectivity index (χ1v) is 9.62. The number of ether oxygens (including phenoxy) is 1. The molecule has 2 N–H and O–H groups in total. The molecule has 1 fully saturated rings. The van der Waals surface area contributed by atoms with Gasteiger partial charge in [-0.1, -0.05) is 6.92 Å². The van der Waals surface area contributed by atoms with E-state index in [4.69, 9.17) is 4.74 Å². The van der Waals surface area contributed by atoms with Gasteiger partial charge in [0.25, 0.3) is 5.91 Å². The SMILES string of the molecule is COc1ccc(NCC(=O)Nc2ccc(C(=O)N3CCC(C)CC3)cc2)cc1. The van der Waals surface area contributed by atoms with E-state index in [1.807, 2.05) is 29.2 Å². The molecule has 0 saturated carbocycles. The predicted molar refractivity (Wildman–Crippen MR) is 111 cm³/mol. The van der Waals surface area contributed by atoms with Crippen molar-refractivity contribution in [1.82, 2.24) is 4.90 Å². The average molecular weight is 381 g/mol. The van der Waals surface area contributed by atoms with Crippen molar-refractivity contribution >= 4 is 23.2 Å². The Morgan fingerprint density at radius 2 is 1.61 bits per heavy atom. The molecule has 1 aliphatic heterocycles. The standard InChI is InChI=1S/C22H27N3O3/c1-16-11-13-25(14-12-16)22(27)17-3-5-19(6-4-17)24-21(26)15-23-18-7-9-20(28-2)10-8-18/h3-10,16,23H,11-15H2,1-2H3,(H,24,26). The Kier molecular flexibility index (Phi) is 6.53. The Bertz CT molecular complexity index is 795. The summed E-state index contributed by atoms with van der Waals surface area (Å²) in [6, 6.07) is 14.5. The summed E-state index contributed by atoms with van der Waals surface area (Å²) in [6.45, 7) is 4.01. The van der Waals surface area contributed by atoms with Gasteiger partial charge in [-0.05, 0) is 67.3 Å². The second kappa shape index (κ2) is 9.26. The van der Waals surface area contributed by atoms with Crippen LogP contribution in [0.4, 0.5) is 11.4 Å². The maximum absolute atomic E-state index is 12.6. The van der Waals surface area contributed by atoms with Crippen LogP contribution in [0.3, 0.4) is 0 Å². The largest absolute Gasteiger partial charge is 0.497 e. The van der Waals surface area contributed by atoms with E-state index in [1.165, 1.54) is 0 Å². The van der Waals surface area contributed by atoms with E-state index in [9.17, 15) is 9.59 Å². The van der Waals surface area contributed by atoms with Crippen LogP contribution >= 0.6 is 0 Å². The summed E-state index contributed by atoms with van der Waals surface area (Å²) >= 11 is 0. The zero-order valence-corrected chi connectivity index (χ0v) is 16.4. The lowest BCUT2D eigenvalue weighted by molar-refractivity contribution is -0.114. The van der Waals surface area contributed by atoms with Crippen LogP contribution in [0.5, 0.6) is 5.75 Å². The molecule has 2 aromatic carbocycles. The number of methoxy groups -OCH3 is 1. The normalized spacial score (nSPS) is 14.4. The van der Waals surface area contributed by atoms with Crippen molar-refractivity contribution in [3.63, 3.8) is 0 Å². The molecule has 2 aromatic rings. The summed E-state index contributed by atoms with van der Waals surface area (Å²) in [5, 5.41) is 5.90. The summed E-state index contributed by atoms with van der Waals surface area (Å²) in [6.07, 6.45) is 2.11. The number of likely N-dealkylation sites (tertiary alicyclic amines) is 1. The van der Waals surface area contributed by atoms with Crippen LogP contribution in [0.2, 0.25) is 0 Å². The third kappa shape index (κ3) is 5.25. The number of rotatable bonds is 6. The smallest absolute Gasteiger partial charge is 0.253 e. The quantitative estimate of drug-likeness (QED) is 0.802. The molecule has 0 radical (unpaired) electrons. The molecule has 1 aliphatic rings. The zero-order valence-electron chi connectivity index (χ0n) is 16.4. The van der Waals surface area contributed by atoms with Crippen LogP contribution in [0.25, 0.3) is 0 Å². The number of piperidine rings is 1. The van der Waals surface area contributed by atoms with Crippen molar-refractivity contribution in [2.45, 2.75) is 19.8 Å². The number of nitrogens with zero attached hydrogens (tertiary/aromatic N) is 1. The number of amides is 2. The van der Waals surface area contributed by atoms with Gasteiger partial charge in [0.15, 0.2) is 0 Å². The summed E-state index contributed by atoms with van der Waals surface area (Å²) in [5.41, 5.74) is 2.17. The topological polar surface area (TPSA) is 70.7 Å². The van der Waals surface area contributed by atoms with Crippen LogP contribution in [0, 0.1) is 5.92 Å². The fourth-order valence-corrected chi connectivity index (χ4v) is 3.19. The Balaban J connectivity index is 1.49. The van der Waals surface area contributed by atoms with E-state index in [2.05, 4.69) is 17.6 Å². The van der Waals surface area contributed by atoms with Crippen molar-refractivity contribution in [3.8, 4) is 5.75 Å². The summed E-state index contributed by atoms with van der Waals surface area (Å²) in [4.78, 5) is 26.6. The number of benzene rings is 2. The van der Waals surface area contributed by atoms with Gasteiger partial charge in [-0.2, -0.15) is 0 Å². The maximum Gasteiger partial charge on any atom is 0.253 e. The van der Waals surface area contributed by atoms with Crippen molar-refractivity contribution in [2.75, 3.05) is 37.4 Å². The number of nitrogens with one attached hydrogen (secondary N) is 2. The van der Waals surface area contributed by atoms with Gasteiger partial charge in [0, 0.05) is 30.0 Å². The number of carbonyl (C=O) groups excluding carboxylic acids is 2. The minimum absolute atomic E-state index is 0.0611. The van der Waals surface area contributed by atoms with Crippen LogP contribution in [-0.4, -0.2) is 43.5 Å². The van der Waals surface area contributed by atoms with Gasteiger partial charge >= 0.3 is 0 Å². The van der Waals surface area contributed by atoms with Crippen molar-refractivity contribution in [2.24, 2.45) is 5.92 Å². The number of hydrogen-bond acceptors (Lipinski definition) is 4. The molecule has 3 rings (SSSR count). The van der Waals surface area contributed by atoms with E-state index in [0.29, 0.717) is 17.2 Å². The first kappa shape index (κ1) is 19.7. The predicted octanol–water partition coefficient (Wildman–Crippen LogP) is 3.62. The van der Waals surface area contributed by atoms with E-state index < -0.39 is 0 Å². The molecular weight excluding hydrogens is 354 g/mol. The molecule has 0 aliphatic carbocycles. The fourth-order valence-electron chi connectivity index (χ4n) is 3.19. The number of anilines is 2. The Morgan fingerprint density at radius 3 is 2.21 bits per heavy atom. The minimum atomic E-state index is -0.153. The van der Waals surface area contributed by atoms with Crippen LogP contribution in [0.1, 0.15) is 30.1 Å². The average Bonchev–Trinajstić information content (AvgIpc) is 2.73. The van der Waals surface area contributed by atoms with Gasteiger partial charge in [0.05, 0.1) is 13.7 Å². The van der Waals surface area contributed by atoms with Crippen molar-refractivity contribution in [1.29, 1.82) is 0 Å². The zero-order chi connectivity index (χ0) is 19.9. The molecule has 1 saturated heterocycles. The monoisotopic (exact) mass is 381 g/mol. The fraction of sp³-hybridized carbons (Fsp3) is 0.364. The lowest BCUT2D eigenvalue weighted by Gasteiger charge is -2.30. The van der Waals surface area contributed by atoms with Crippen LogP contribution in [0.15, 0.2) is 48.5 Å². The lowest BCUT2D eigenvalue weighted by Crippen LogP contribution is -2.37. The molecule has 0 atom stereocenters. The third-order valence-corrected chi connectivity index (χ3v) is 5.03. The Hall–Kier alpha value is -3.02. The van der Waals surface area contributed by atoms with Gasteiger partial charge in [-0.3, -0.25) is 9.59 Å². The highest BCUT2D eigenvalue weighted by molar-refractivity contribution is 5.96. The van der Waals surface area contributed by atoms with Crippen LogP contribution < -0.4 is 15.4 Å². The maximum atomic E-state index is 12.6. The first-order chi connectivity index (χ1) is 13.5. The van der Waals surface area contributed by atoms with E-state index in [0.717, 1.165) is 37.4 Å².